The fourth-order valence-electron chi connectivity index (χ4n) is 2.26. The first-order valence-electron chi connectivity index (χ1n) is 8.14. The van der Waals surface area contributed by atoms with Crippen LogP contribution in [0.3, 0.4) is 0 Å². The van der Waals surface area contributed by atoms with Gasteiger partial charge in [0.25, 0.3) is 5.22 Å². The fraction of sp³-hybridized carbons (Fsp3) is 0.211. The van der Waals surface area contributed by atoms with Gasteiger partial charge in [-0.2, -0.15) is 0 Å². The van der Waals surface area contributed by atoms with E-state index in [0.717, 1.165) is 16.7 Å². The highest BCUT2D eigenvalue weighted by Gasteiger charge is 2.11. The molecule has 0 aliphatic carbocycles. The van der Waals surface area contributed by atoms with E-state index in [0.29, 0.717) is 24.1 Å². The molecule has 1 N–H and O–H groups in total. The van der Waals surface area contributed by atoms with Crippen molar-refractivity contribution < 1.29 is 13.6 Å². The van der Waals surface area contributed by atoms with E-state index in [1.54, 1.807) is 12.1 Å². The number of nitrogens with one attached hydrogen (secondary N) is 1. The second-order valence-electron chi connectivity index (χ2n) is 5.75. The van der Waals surface area contributed by atoms with Crippen molar-refractivity contribution in [2.75, 3.05) is 12.3 Å². The van der Waals surface area contributed by atoms with E-state index < -0.39 is 0 Å². The molecule has 0 unspecified atom stereocenters. The molecule has 1 heterocycles. The Morgan fingerprint density at radius 3 is 2.58 bits per heavy atom. The predicted octanol–water partition coefficient (Wildman–Crippen LogP) is 3.64. The number of carbonyl (C=O) groups excluding carboxylic acids is 1. The molecule has 3 rings (SSSR count). The molecule has 134 valence electrons. The van der Waals surface area contributed by atoms with Gasteiger partial charge >= 0.3 is 0 Å². The molecular weight excluding hydrogens is 353 g/mol. The van der Waals surface area contributed by atoms with Gasteiger partial charge < -0.3 is 9.73 Å². The highest BCUT2D eigenvalue weighted by Crippen LogP contribution is 2.23. The molecule has 3 aromatic rings. The smallest absolute Gasteiger partial charge is 0.277 e. The monoisotopic (exact) mass is 371 g/mol. The van der Waals surface area contributed by atoms with E-state index in [1.807, 2.05) is 31.2 Å². The maximum atomic E-state index is 12.8. The number of halogens is 1. The van der Waals surface area contributed by atoms with E-state index in [4.69, 9.17) is 4.42 Å². The van der Waals surface area contributed by atoms with Crippen molar-refractivity contribution in [2.24, 2.45) is 0 Å². The number of benzene rings is 2. The number of hydrogen-bond acceptors (Lipinski definition) is 5. The molecule has 5 nitrogen and oxygen atoms in total. The minimum atomic E-state index is -0.265. The second-order valence-corrected chi connectivity index (χ2v) is 6.68. The number of aromatic nitrogens is 2. The van der Waals surface area contributed by atoms with Gasteiger partial charge in [0.2, 0.25) is 11.8 Å². The van der Waals surface area contributed by atoms with Gasteiger partial charge in [0.1, 0.15) is 5.82 Å². The topological polar surface area (TPSA) is 68.0 Å². The molecule has 26 heavy (non-hydrogen) atoms. The zero-order valence-electron chi connectivity index (χ0n) is 14.2. The van der Waals surface area contributed by atoms with Crippen LogP contribution in [0.1, 0.15) is 11.1 Å². The highest BCUT2D eigenvalue weighted by molar-refractivity contribution is 7.99. The van der Waals surface area contributed by atoms with E-state index in [1.165, 1.54) is 23.9 Å². The predicted molar refractivity (Wildman–Crippen MR) is 98.3 cm³/mol. The molecule has 0 radical (unpaired) electrons. The number of aryl methyl sites for hydroxylation is 1. The van der Waals surface area contributed by atoms with Crippen molar-refractivity contribution >= 4 is 17.7 Å². The zero-order chi connectivity index (χ0) is 18.4. The Balaban J connectivity index is 1.43. The maximum absolute atomic E-state index is 12.8. The van der Waals surface area contributed by atoms with Gasteiger partial charge in [-0.3, -0.25) is 4.79 Å². The number of nitrogens with zero attached hydrogens (tertiary/aromatic N) is 2. The van der Waals surface area contributed by atoms with Gasteiger partial charge in [0.05, 0.1) is 5.75 Å². The summed E-state index contributed by atoms with van der Waals surface area (Å²) in [7, 11) is 0. The van der Waals surface area contributed by atoms with E-state index in [9.17, 15) is 9.18 Å². The minimum Gasteiger partial charge on any atom is -0.411 e. The standard InChI is InChI=1S/C19H18FN3O2S/c1-13-2-6-15(7-3-13)18-22-23-19(25-18)26-12-17(24)21-11-10-14-4-8-16(20)9-5-14/h2-9H,10-12H2,1H3,(H,21,24). The molecule has 0 aliphatic heterocycles. The lowest BCUT2D eigenvalue weighted by Gasteiger charge is -2.04. The van der Waals surface area contributed by atoms with Crippen molar-refractivity contribution in [1.82, 2.24) is 15.5 Å². The summed E-state index contributed by atoms with van der Waals surface area (Å²) in [5, 5.41) is 11.1. The number of rotatable bonds is 7. The molecule has 0 bridgehead atoms. The minimum absolute atomic E-state index is 0.118. The second kappa shape index (κ2) is 8.62. The quantitative estimate of drug-likeness (QED) is 0.642. The van der Waals surface area contributed by atoms with Crippen LogP contribution in [0.4, 0.5) is 4.39 Å². The van der Waals surface area contributed by atoms with E-state index in [-0.39, 0.29) is 17.5 Å². The Labute approximate surface area is 155 Å². The van der Waals surface area contributed by atoms with Crippen molar-refractivity contribution in [2.45, 2.75) is 18.6 Å². The summed E-state index contributed by atoms with van der Waals surface area (Å²) in [6.07, 6.45) is 0.648. The molecule has 1 aromatic heterocycles. The third-order valence-corrected chi connectivity index (χ3v) is 4.50. The normalized spacial score (nSPS) is 10.7. The third kappa shape index (κ3) is 5.16. The summed E-state index contributed by atoms with van der Waals surface area (Å²) in [6.45, 7) is 2.50. The average molecular weight is 371 g/mol. The lowest BCUT2D eigenvalue weighted by Crippen LogP contribution is -2.27. The van der Waals surface area contributed by atoms with Crippen LogP contribution in [-0.4, -0.2) is 28.4 Å². The maximum Gasteiger partial charge on any atom is 0.277 e. The molecule has 0 spiro atoms. The van der Waals surface area contributed by atoms with Gasteiger partial charge in [0.15, 0.2) is 0 Å². The molecule has 0 aliphatic rings. The summed E-state index contributed by atoms with van der Waals surface area (Å²) in [6, 6.07) is 14.0. The summed E-state index contributed by atoms with van der Waals surface area (Å²) < 4.78 is 18.4. The Hall–Kier alpha value is -2.67. The molecule has 0 saturated heterocycles. The number of carbonyl (C=O) groups is 1. The van der Waals surface area contributed by atoms with Crippen LogP contribution in [0.25, 0.3) is 11.5 Å². The van der Waals surface area contributed by atoms with E-state index >= 15 is 0 Å². The van der Waals surface area contributed by atoms with Crippen molar-refractivity contribution in [3.8, 4) is 11.5 Å². The first-order chi connectivity index (χ1) is 12.6. The van der Waals surface area contributed by atoms with Crippen LogP contribution >= 0.6 is 11.8 Å². The fourth-order valence-corrected chi connectivity index (χ4v) is 2.85. The summed E-state index contributed by atoms with van der Waals surface area (Å²) in [4.78, 5) is 11.9. The average Bonchev–Trinajstić information content (AvgIpc) is 3.11. The van der Waals surface area contributed by atoms with Gasteiger partial charge in [-0.15, -0.1) is 10.2 Å². The first-order valence-corrected chi connectivity index (χ1v) is 9.13. The van der Waals surface area contributed by atoms with Crippen molar-refractivity contribution in [3.05, 3.63) is 65.5 Å². The van der Waals surface area contributed by atoms with Crippen LogP contribution in [0, 0.1) is 12.7 Å². The SMILES string of the molecule is Cc1ccc(-c2nnc(SCC(=O)NCCc3ccc(F)cc3)o2)cc1. The summed E-state index contributed by atoms with van der Waals surface area (Å²) >= 11 is 1.19. The summed E-state index contributed by atoms with van der Waals surface area (Å²) in [5.74, 6) is 0.244. The van der Waals surface area contributed by atoms with Crippen LogP contribution in [0.2, 0.25) is 0 Å². The number of hydrogen-bond donors (Lipinski definition) is 1. The Morgan fingerprint density at radius 2 is 1.85 bits per heavy atom. The Kier molecular flexibility index (Phi) is 6.01. The van der Waals surface area contributed by atoms with Crippen molar-refractivity contribution in [1.29, 1.82) is 0 Å². The third-order valence-electron chi connectivity index (χ3n) is 3.68. The molecule has 1 amide bonds. The largest absolute Gasteiger partial charge is 0.411 e. The van der Waals surface area contributed by atoms with Crippen LogP contribution in [0.15, 0.2) is 58.2 Å². The van der Waals surface area contributed by atoms with Gasteiger partial charge in [-0.1, -0.05) is 41.6 Å². The van der Waals surface area contributed by atoms with Crippen LogP contribution < -0.4 is 5.32 Å². The van der Waals surface area contributed by atoms with Gasteiger partial charge in [0, 0.05) is 12.1 Å². The van der Waals surface area contributed by atoms with Crippen molar-refractivity contribution in [3.63, 3.8) is 0 Å². The van der Waals surface area contributed by atoms with Gasteiger partial charge in [-0.05, 0) is 43.2 Å². The number of thioether (sulfide) groups is 1. The van der Waals surface area contributed by atoms with Crippen LogP contribution in [-0.2, 0) is 11.2 Å². The van der Waals surface area contributed by atoms with E-state index in [2.05, 4.69) is 15.5 Å². The highest BCUT2D eigenvalue weighted by atomic mass is 32.2. The number of amides is 1. The first kappa shape index (κ1) is 18.1. The molecule has 0 saturated carbocycles. The molecule has 0 fully saturated rings. The summed E-state index contributed by atoms with van der Waals surface area (Å²) in [5.41, 5.74) is 2.97. The Morgan fingerprint density at radius 1 is 1.12 bits per heavy atom. The lowest BCUT2D eigenvalue weighted by atomic mass is 10.1. The molecular formula is C19H18FN3O2S. The lowest BCUT2D eigenvalue weighted by molar-refractivity contribution is -0.118. The van der Waals surface area contributed by atoms with Crippen LogP contribution in [0.5, 0.6) is 0 Å². The molecule has 7 heteroatoms. The zero-order valence-corrected chi connectivity index (χ0v) is 15.1. The Bertz CT molecular complexity index is 863. The molecule has 0 atom stereocenters. The molecule has 2 aromatic carbocycles. The van der Waals surface area contributed by atoms with Gasteiger partial charge in [-0.25, -0.2) is 4.39 Å².